The van der Waals surface area contributed by atoms with Crippen LogP contribution in [0.4, 0.5) is 0 Å². The molecular weight excluding hydrogens is 192 g/mol. The van der Waals surface area contributed by atoms with E-state index in [4.69, 9.17) is 9.84 Å². The fraction of sp³-hybridized carbons (Fsp3) is 1.00. The van der Waals surface area contributed by atoms with Crippen molar-refractivity contribution in [3.05, 3.63) is 0 Å². The fourth-order valence-electron chi connectivity index (χ4n) is 1.84. The summed E-state index contributed by atoms with van der Waals surface area (Å²) in [6.45, 7) is 12.5. The molecule has 92 valence electrons. The molecule has 0 spiro atoms. The van der Waals surface area contributed by atoms with Crippen LogP contribution >= 0.6 is 0 Å². The van der Waals surface area contributed by atoms with Gasteiger partial charge >= 0.3 is 0 Å². The highest BCUT2D eigenvalue weighted by molar-refractivity contribution is 4.99. The third kappa shape index (κ3) is 3.44. The Morgan fingerprint density at radius 1 is 0.933 bits per heavy atom. The number of rotatable bonds is 4. The Morgan fingerprint density at radius 3 is 1.60 bits per heavy atom. The number of aliphatic hydroxyl groups excluding tert-OH is 1. The predicted octanol–water partition coefficient (Wildman–Crippen LogP) is 1.82. The Labute approximate surface area is 93.5 Å². The lowest BCUT2D eigenvalue weighted by Gasteiger charge is -2.49. The van der Waals surface area contributed by atoms with Crippen LogP contribution in [0, 0.1) is 10.8 Å². The van der Waals surface area contributed by atoms with Crippen molar-refractivity contribution in [3.8, 4) is 0 Å². The smallest absolute Gasteiger partial charge is 0.0975 e. The van der Waals surface area contributed by atoms with Gasteiger partial charge in [-0.1, -0.05) is 41.5 Å². The molecule has 3 heteroatoms. The molecule has 0 atom stereocenters. The van der Waals surface area contributed by atoms with Gasteiger partial charge in [0.25, 0.3) is 0 Å². The van der Waals surface area contributed by atoms with Gasteiger partial charge in [0.2, 0.25) is 0 Å². The normalized spacial score (nSPS) is 14.4. The van der Waals surface area contributed by atoms with Gasteiger partial charge in [-0.05, 0) is 10.8 Å². The molecule has 0 unspecified atom stereocenters. The lowest BCUT2D eigenvalue weighted by Crippen LogP contribution is -2.56. The number of aliphatic hydroxyl groups is 2. The Hall–Kier alpha value is -0.120. The van der Waals surface area contributed by atoms with Gasteiger partial charge in [-0.3, -0.25) is 0 Å². The van der Waals surface area contributed by atoms with E-state index in [1.54, 1.807) is 0 Å². The van der Waals surface area contributed by atoms with Crippen LogP contribution in [0.3, 0.4) is 0 Å². The molecule has 0 aromatic rings. The van der Waals surface area contributed by atoms with E-state index in [9.17, 15) is 5.11 Å². The Balaban J connectivity index is 4.74. The zero-order valence-corrected chi connectivity index (χ0v) is 10.9. The quantitative estimate of drug-likeness (QED) is 0.708. The molecule has 0 fully saturated rings. The second-order valence-electron chi connectivity index (χ2n) is 6.14. The molecule has 15 heavy (non-hydrogen) atoms. The summed E-state index contributed by atoms with van der Waals surface area (Å²) < 4.78 is 5.30. The van der Waals surface area contributed by atoms with E-state index in [1.807, 2.05) is 41.5 Å². The Morgan fingerprint density at radius 2 is 1.33 bits per heavy atom. The fourth-order valence-corrected chi connectivity index (χ4v) is 1.84. The average Bonchev–Trinajstić information content (AvgIpc) is 2.00. The maximum Gasteiger partial charge on any atom is 0.0975 e. The molecule has 0 rings (SSSR count). The molecule has 0 amide bonds. The van der Waals surface area contributed by atoms with Crippen LogP contribution in [0.2, 0.25) is 0 Å². The molecule has 0 aliphatic carbocycles. The monoisotopic (exact) mass is 218 g/mol. The lowest BCUT2D eigenvalue weighted by atomic mass is 9.63. The first-order chi connectivity index (χ1) is 6.56. The van der Waals surface area contributed by atoms with E-state index in [1.165, 1.54) is 0 Å². The maximum absolute atomic E-state index is 10.7. The van der Waals surface area contributed by atoms with E-state index in [2.05, 4.69) is 0 Å². The van der Waals surface area contributed by atoms with Crippen molar-refractivity contribution in [1.82, 2.24) is 0 Å². The molecule has 0 saturated carbocycles. The van der Waals surface area contributed by atoms with Crippen LogP contribution in [-0.2, 0) is 4.74 Å². The van der Waals surface area contributed by atoms with Gasteiger partial charge in [-0.25, -0.2) is 0 Å². The van der Waals surface area contributed by atoms with Crippen molar-refractivity contribution in [3.63, 3.8) is 0 Å². The molecule has 3 nitrogen and oxygen atoms in total. The molecule has 0 radical (unpaired) electrons. The van der Waals surface area contributed by atoms with Crippen molar-refractivity contribution in [1.29, 1.82) is 0 Å². The summed E-state index contributed by atoms with van der Waals surface area (Å²) in [6.07, 6.45) is 0. The summed E-state index contributed by atoms with van der Waals surface area (Å²) >= 11 is 0. The SMILES string of the molecule is CC(C)(C)C(O)(COCCO)C(C)(C)C. The Kier molecular flexibility index (Phi) is 4.77. The van der Waals surface area contributed by atoms with E-state index >= 15 is 0 Å². The largest absolute Gasteiger partial charge is 0.394 e. The zero-order chi connectivity index (χ0) is 12.3. The summed E-state index contributed by atoms with van der Waals surface area (Å²) in [5.41, 5.74) is -1.43. The van der Waals surface area contributed by atoms with Crippen LogP contribution in [0.1, 0.15) is 41.5 Å². The molecule has 0 heterocycles. The van der Waals surface area contributed by atoms with Gasteiger partial charge in [0.1, 0.15) is 0 Å². The minimum atomic E-state index is -0.908. The highest BCUT2D eigenvalue weighted by atomic mass is 16.5. The summed E-state index contributed by atoms with van der Waals surface area (Å²) in [5.74, 6) is 0. The third-order valence-corrected chi connectivity index (χ3v) is 3.03. The molecule has 0 aliphatic heterocycles. The predicted molar refractivity (Wildman–Crippen MR) is 61.8 cm³/mol. The summed E-state index contributed by atoms with van der Waals surface area (Å²) in [5, 5.41) is 19.4. The van der Waals surface area contributed by atoms with E-state index < -0.39 is 5.60 Å². The minimum absolute atomic E-state index is 0.00956. The molecule has 0 aromatic carbocycles. The van der Waals surface area contributed by atoms with Crippen molar-refractivity contribution in [2.45, 2.75) is 47.1 Å². The number of hydrogen-bond donors (Lipinski definition) is 2. The van der Waals surface area contributed by atoms with Crippen molar-refractivity contribution in [2.75, 3.05) is 19.8 Å². The molecule has 2 N–H and O–H groups in total. The van der Waals surface area contributed by atoms with E-state index in [-0.39, 0.29) is 30.7 Å². The second-order valence-corrected chi connectivity index (χ2v) is 6.14. The zero-order valence-electron chi connectivity index (χ0n) is 10.9. The van der Waals surface area contributed by atoms with Crippen molar-refractivity contribution in [2.24, 2.45) is 10.8 Å². The highest BCUT2D eigenvalue weighted by Crippen LogP contribution is 2.43. The van der Waals surface area contributed by atoms with Gasteiger partial charge in [-0.2, -0.15) is 0 Å². The van der Waals surface area contributed by atoms with E-state index in [0.29, 0.717) is 0 Å². The summed E-state index contributed by atoms with van der Waals surface area (Å²) in [7, 11) is 0. The van der Waals surface area contributed by atoms with Gasteiger partial charge < -0.3 is 14.9 Å². The van der Waals surface area contributed by atoms with Crippen molar-refractivity contribution >= 4 is 0 Å². The first-order valence-electron chi connectivity index (χ1n) is 5.47. The molecule has 0 bridgehead atoms. The lowest BCUT2D eigenvalue weighted by molar-refractivity contribution is -0.177. The van der Waals surface area contributed by atoms with Gasteiger partial charge in [0, 0.05) is 0 Å². The van der Waals surface area contributed by atoms with Gasteiger partial charge in [-0.15, -0.1) is 0 Å². The highest BCUT2D eigenvalue weighted by Gasteiger charge is 2.49. The minimum Gasteiger partial charge on any atom is -0.394 e. The topological polar surface area (TPSA) is 49.7 Å². The van der Waals surface area contributed by atoms with Crippen LogP contribution in [0.25, 0.3) is 0 Å². The third-order valence-electron chi connectivity index (χ3n) is 3.03. The summed E-state index contributed by atoms with van der Waals surface area (Å²) in [4.78, 5) is 0. The standard InChI is InChI=1S/C12H26O3/c1-10(2,3)12(14,11(4,5)6)9-15-8-7-13/h13-14H,7-9H2,1-6H3. The number of hydrogen-bond acceptors (Lipinski definition) is 3. The average molecular weight is 218 g/mol. The number of ether oxygens (including phenoxy) is 1. The van der Waals surface area contributed by atoms with E-state index in [0.717, 1.165) is 0 Å². The van der Waals surface area contributed by atoms with Crippen LogP contribution in [-0.4, -0.2) is 35.6 Å². The van der Waals surface area contributed by atoms with Gasteiger partial charge in [0.15, 0.2) is 0 Å². The van der Waals surface area contributed by atoms with Crippen LogP contribution < -0.4 is 0 Å². The molecule has 0 saturated heterocycles. The molecular formula is C12H26O3. The summed E-state index contributed by atoms with van der Waals surface area (Å²) in [6, 6.07) is 0. The molecule has 0 aromatic heterocycles. The maximum atomic E-state index is 10.7. The first kappa shape index (κ1) is 14.9. The molecule has 0 aliphatic rings. The van der Waals surface area contributed by atoms with Crippen molar-refractivity contribution < 1.29 is 14.9 Å². The van der Waals surface area contributed by atoms with Crippen LogP contribution in [0.5, 0.6) is 0 Å². The second kappa shape index (κ2) is 4.81. The van der Waals surface area contributed by atoms with Crippen LogP contribution in [0.15, 0.2) is 0 Å². The van der Waals surface area contributed by atoms with Gasteiger partial charge in [0.05, 0.1) is 25.4 Å². The first-order valence-corrected chi connectivity index (χ1v) is 5.47. The Bertz CT molecular complexity index is 172.